The van der Waals surface area contributed by atoms with E-state index in [0.717, 1.165) is 29.4 Å². The van der Waals surface area contributed by atoms with Gasteiger partial charge in [0.2, 0.25) is 0 Å². The standard InChI is InChI=1S/C18H18N4/c1-2-14-8-10-16(11-9-14)22-18-12-17(19-13-20-18)21-15-6-4-3-5-7-15/h3-13H,2H2,1H3,(H2,19,20,21,22). The van der Waals surface area contributed by atoms with Gasteiger partial charge in [-0.25, -0.2) is 9.97 Å². The lowest BCUT2D eigenvalue weighted by molar-refractivity contribution is 1.14. The molecule has 0 saturated heterocycles. The summed E-state index contributed by atoms with van der Waals surface area (Å²) in [5.41, 5.74) is 3.33. The Morgan fingerprint density at radius 2 is 1.36 bits per heavy atom. The van der Waals surface area contributed by atoms with Crippen molar-refractivity contribution in [3.8, 4) is 0 Å². The lowest BCUT2D eigenvalue weighted by atomic mass is 10.1. The molecule has 110 valence electrons. The van der Waals surface area contributed by atoms with Gasteiger partial charge in [0.15, 0.2) is 0 Å². The number of aryl methyl sites for hydroxylation is 1. The Labute approximate surface area is 130 Å². The van der Waals surface area contributed by atoms with Crippen molar-refractivity contribution in [1.82, 2.24) is 9.97 Å². The monoisotopic (exact) mass is 290 g/mol. The van der Waals surface area contributed by atoms with Crippen molar-refractivity contribution in [1.29, 1.82) is 0 Å². The second-order valence-electron chi connectivity index (χ2n) is 4.95. The second-order valence-corrected chi connectivity index (χ2v) is 4.95. The minimum atomic E-state index is 0.758. The molecule has 0 aliphatic carbocycles. The average molecular weight is 290 g/mol. The zero-order valence-corrected chi connectivity index (χ0v) is 12.5. The molecule has 0 atom stereocenters. The Balaban J connectivity index is 1.73. The molecule has 0 amide bonds. The summed E-state index contributed by atoms with van der Waals surface area (Å²) in [4.78, 5) is 8.50. The van der Waals surface area contributed by atoms with Crippen LogP contribution in [-0.2, 0) is 6.42 Å². The smallest absolute Gasteiger partial charge is 0.135 e. The van der Waals surface area contributed by atoms with Gasteiger partial charge in [0.1, 0.15) is 18.0 Å². The number of anilines is 4. The summed E-state index contributed by atoms with van der Waals surface area (Å²) >= 11 is 0. The number of hydrogen-bond acceptors (Lipinski definition) is 4. The number of benzene rings is 2. The van der Waals surface area contributed by atoms with Gasteiger partial charge in [0, 0.05) is 17.4 Å². The molecule has 3 rings (SSSR count). The van der Waals surface area contributed by atoms with E-state index in [9.17, 15) is 0 Å². The van der Waals surface area contributed by atoms with Crippen LogP contribution in [0.5, 0.6) is 0 Å². The van der Waals surface area contributed by atoms with Gasteiger partial charge in [-0.3, -0.25) is 0 Å². The molecule has 1 aromatic heterocycles. The molecule has 4 nitrogen and oxygen atoms in total. The van der Waals surface area contributed by atoms with E-state index in [4.69, 9.17) is 0 Å². The molecule has 0 spiro atoms. The van der Waals surface area contributed by atoms with Crippen molar-refractivity contribution >= 4 is 23.0 Å². The average Bonchev–Trinajstić information content (AvgIpc) is 2.57. The van der Waals surface area contributed by atoms with E-state index in [2.05, 4.69) is 51.8 Å². The Morgan fingerprint density at radius 1 is 0.773 bits per heavy atom. The first-order valence-corrected chi connectivity index (χ1v) is 7.33. The van der Waals surface area contributed by atoms with Crippen LogP contribution >= 0.6 is 0 Å². The lowest BCUT2D eigenvalue weighted by Gasteiger charge is -2.09. The summed E-state index contributed by atoms with van der Waals surface area (Å²) in [6.07, 6.45) is 2.59. The van der Waals surface area contributed by atoms with E-state index >= 15 is 0 Å². The molecular weight excluding hydrogens is 272 g/mol. The number of nitrogens with zero attached hydrogens (tertiary/aromatic N) is 2. The van der Waals surface area contributed by atoms with Crippen molar-refractivity contribution in [2.24, 2.45) is 0 Å². The van der Waals surface area contributed by atoms with Crippen LogP contribution in [0.25, 0.3) is 0 Å². The van der Waals surface area contributed by atoms with Gasteiger partial charge < -0.3 is 10.6 Å². The third-order valence-electron chi connectivity index (χ3n) is 3.35. The highest BCUT2D eigenvalue weighted by atomic mass is 15.1. The van der Waals surface area contributed by atoms with Gasteiger partial charge in [0.25, 0.3) is 0 Å². The summed E-state index contributed by atoms with van der Waals surface area (Å²) in [5, 5.41) is 6.55. The largest absolute Gasteiger partial charge is 0.340 e. The number of aromatic nitrogens is 2. The summed E-state index contributed by atoms with van der Waals surface area (Å²) in [6, 6.07) is 20.2. The second kappa shape index (κ2) is 6.72. The zero-order chi connectivity index (χ0) is 15.2. The van der Waals surface area contributed by atoms with Crippen LogP contribution in [0.3, 0.4) is 0 Å². The molecule has 0 aliphatic rings. The maximum Gasteiger partial charge on any atom is 0.135 e. The SMILES string of the molecule is CCc1ccc(Nc2cc(Nc3ccccc3)ncn2)cc1. The van der Waals surface area contributed by atoms with Crippen molar-refractivity contribution < 1.29 is 0 Å². The van der Waals surface area contributed by atoms with E-state index in [1.165, 1.54) is 5.56 Å². The summed E-state index contributed by atoms with van der Waals surface area (Å²) in [6.45, 7) is 2.15. The van der Waals surface area contributed by atoms with Gasteiger partial charge in [-0.1, -0.05) is 37.3 Å². The van der Waals surface area contributed by atoms with Crippen LogP contribution in [0.1, 0.15) is 12.5 Å². The topological polar surface area (TPSA) is 49.8 Å². The summed E-state index contributed by atoms with van der Waals surface area (Å²) in [7, 11) is 0. The van der Waals surface area contributed by atoms with Crippen LogP contribution in [0, 0.1) is 0 Å². The molecule has 0 unspecified atom stereocenters. The first-order chi connectivity index (χ1) is 10.8. The minimum absolute atomic E-state index is 0.758. The molecule has 22 heavy (non-hydrogen) atoms. The highest BCUT2D eigenvalue weighted by Gasteiger charge is 2.00. The fourth-order valence-electron chi connectivity index (χ4n) is 2.14. The molecule has 0 bridgehead atoms. The van der Waals surface area contributed by atoms with E-state index in [-0.39, 0.29) is 0 Å². The van der Waals surface area contributed by atoms with Crippen molar-refractivity contribution in [3.63, 3.8) is 0 Å². The molecule has 2 aromatic carbocycles. The minimum Gasteiger partial charge on any atom is -0.340 e. The van der Waals surface area contributed by atoms with Crippen LogP contribution in [-0.4, -0.2) is 9.97 Å². The van der Waals surface area contributed by atoms with Crippen molar-refractivity contribution in [2.75, 3.05) is 10.6 Å². The Kier molecular flexibility index (Phi) is 4.30. The summed E-state index contributed by atoms with van der Waals surface area (Å²) in [5.74, 6) is 1.52. The quantitative estimate of drug-likeness (QED) is 0.725. The van der Waals surface area contributed by atoms with Gasteiger partial charge in [-0.05, 0) is 36.2 Å². The van der Waals surface area contributed by atoms with E-state index in [0.29, 0.717) is 0 Å². The number of rotatable bonds is 5. The van der Waals surface area contributed by atoms with Crippen LogP contribution in [0.4, 0.5) is 23.0 Å². The highest BCUT2D eigenvalue weighted by molar-refractivity contribution is 5.62. The number of nitrogens with one attached hydrogen (secondary N) is 2. The zero-order valence-electron chi connectivity index (χ0n) is 12.5. The van der Waals surface area contributed by atoms with Gasteiger partial charge in [-0.15, -0.1) is 0 Å². The Hall–Kier alpha value is -2.88. The molecule has 1 heterocycles. The molecular formula is C18H18N4. The third kappa shape index (κ3) is 3.61. The van der Waals surface area contributed by atoms with E-state index < -0.39 is 0 Å². The molecule has 0 fully saturated rings. The summed E-state index contributed by atoms with van der Waals surface area (Å²) < 4.78 is 0. The lowest BCUT2D eigenvalue weighted by Crippen LogP contribution is -1.98. The maximum absolute atomic E-state index is 4.26. The fourth-order valence-corrected chi connectivity index (χ4v) is 2.14. The van der Waals surface area contributed by atoms with Crippen LogP contribution in [0.2, 0.25) is 0 Å². The number of hydrogen-bond donors (Lipinski definition) is 2. The molecule has 0 saturated carbocycles. The molecule has 2 N–H and O–H groups in total. The van der Waals surface area contributed by atoms with Crippen LogP contribution < -0.4 is 10.6 Å². The molecule has 0 radical (unpaired) electrons. The van der Waals surface area contributed by atoms with Crippen molar-refractivity contribution in [2.45, 2.75) is 13.3 Å². The van der Waals surface area contributed by atoms with Gasteiger partial charge in [-0.2, -0.15) is 0 Å². The predicted molar refractivity (Wildman–Crippen MR) is 90.9 cm³/mol. The highest BCUT2D eigenvalue weighted by Crippen LogP contribution is 2.19. The number of para-hydroxylation sites is 1. The Bertz CT molecular complexity index is 724. The predicted octanol–water partition coefficient (Wildman–Crippen LogP) is 4.53. The van der Waals surface area contributed by atoms with E-state index in [1.54, 1.807) is 6.33 Å². The van der Waals surface area contributed by atoms with E-state index in [1.807, 2.05) is 36.4 Å². The molecule has 0 aliphatic heterocycles. The van der Waals surface area contributed by atoms with Gasteiger partial charge >= 0.3 is 0 Å². The maximum atomic E-state index is 4.26. The normalized spacial score (nSPS) is 10.2. The molecule has 3 aromatic rings. The third-order valence-corrected chi connectivity index (χ3v) is 3.35. The first kappa shape index (κ1) is 14.1. The Morgan fingerprint density at radius 3 is 1.95 bits per heavy atom. The van der Waals surface area contributed by atoms with Crippen LogP contribution in [0.15, 0.2) is 67.0 Å². The first-order valence-electron chi connectivity index (χ1n) is 7.33. The van der Waals surface area contributed by atoms with Gasteiger partial charge in [0.05, 0.1) is 0 Å². The molecule has 4 heteroatoms. The fraction of sp³-hybridized carbons (Fsp3) is 0.111. The van der Waals surface area contributed by atoms with Crippen molar-refractivity contribution in [3.05, 3.63) is 72.6 Å².